The number of carbonyl (C=O) groups is 3. The van der Waals surface area contributed by atoms with Crippen LogP contribution in [-0.2, 0) is 38.1 Å². The summed E-state index contributed by atoms with van der Waals surface area (Å²) >= 11 is -0.444. The standard InChI is InChI=1S/C20H23NO9Se/c1-10(22)27-9-14-17(28-11(2)23)18(29-12(3)24)16(20(26-4)30-14)21-19(25)13-7-5-6-8-15(13)31-21/h5-8,14,16-18,20H,9H2,1-4H3/t14-,16-,17-,18-,20-/m1/s1. The molecule has 0 aliphatic carbocycles. The topological polar surface area (TPSA) is 119 Å². The van der Waals surface area contributed by atoms with Gasteiger partial charge in [0.15, 0.2) is 0 Å². The zero-order valence-corrected chi connectivity index (χ0v) is 19.1. The Bertz CT molecular complexity index is 1030. The summed E-state index contributed by atoms with van der Waals surface area (Å²) in [7, 11) is 1.39. The summed E-state index contributed by atoms with van der Waals surface area (Å²) in [6, 6.07) is 6.29. The molecule has 3 rings (SSSR count). The van der Waals surface area contributed by atoms with Crippen molar-refractivity contribution in [1.82, 2.24) is 3.56 Å². The Hall–Kier alpha value is -2.46. The van der Waals surface area contributed by atoms with E-state index in [0.29, 0.717) is 5.39 Å². The number of benzene rings is 1. The zero-order chi connectivity index (χ0) is 22.7. The van der Waals surface area contributed by atoms with E-state index < -0.39 is 63.3 Å². The van der Waals surface area contributed by atoms with Crippen molar-refractivity contribution >= 4 is 42.3 Å². The first-order valence-electron chi connectivity index (χ1n) is 9.49. The van der Waals surface area contributed by atoms with Crippen molar-refractivity contribution in [2.24, 2.45) is 0 Å². The van der Waals surface area contributed by atoms with Crippen molar-refractivity contribution in [3.8, 4) is 0 Å². The number of ether oxygens (including phenoxy) is 5. The van der Waals surface area contributed by atoms with E-state index in [1.807, 2.05) is 12.1 Å². The third-order valence-corrected chi connectivity index (χ3v) is 7.12. The van der Waals surface area contributed by atoms with Crippen LogP contribution in [0, 0.1) is 0 Å². The third-order valence-electron chi connectivity index (χ3n) is 4.69. The van der Waals surface area contributed by atoms with Gasteiger partial charge in [0.2, 0.25) is 0 Å². The number of aromatic nitrogens is 1. The molecule has 1 aliphatic heterocycles. The van der Waals surface area contributed by atoms with Gasteiger partial charge in [-0.1, -0.05) is 0 Å². The van der Waals surface area contributed by atoms with Gasteiger partial charge in [-0.05, 0) is 0 Å². The van der Waals surface area contributed by atoms with Gasteiger partial charge < -0.3 is 0 Å². The minimum atomic E-state index is -1.12. The number of esters is 3. The van der Waals surface area contributed by atoms with Gasteiger partial charge in [-0.3, -0.25) is 0 Å². The fourth-order valence-corrected chi connectivity index (χ4v) is 5.88. The molecule has 0 saturated carbocycles. The van der Waals surface area contributed by atoms with Gasteiger partial charge in [0, 0.05) is 0 Å². The molecule has 0 spiro atoms. The zero-order valence-electron chi connectivity index (χ0n) is 17.4. The van der Waals surface area contributed by atoms with Crippen molar-refractivity contribution in [3.05, 3.63) is 34.6 Å². The van der Waals surface area contributed by atoms with Crippen molar-refractivity contribution < 1.29 is 38.1 Å². The summed E-state index contributed by atoms with van der Waals surface area (Å²) in [4.78, 5) is 48.2. The van der Waals surface area contributed by atoms with Gasteiger partial charge in [-0.15, -0.1) is 0 Å². The van der Waals surface area contributed by atoms with Crippen LogP contribution in [0.25, 0.3) is 9.65 Å². The third kappa shape index (κ3) is 5.07. The molecule has 2 aromatic rings. The average Bonchev–Trinajstić information content (AvgIpc) is 3.03. The molecule has 168 valence electrons. The van der Waals surface area contributed by atoms with Gasteiger partial charge >= 0.3 is 184 Å². The van der Waals surface area contributed by atoms with Crippen LogP contribution in [0.3, 0.4) is 0 Å². The molecule has 0 unspecified atom stereocenters. The Labute approximate surface area is 183 Å². The van der Waals surface area contributed by atoms with Crippen LogP contribution in [-0.4, -0.2) is 74.5 Å². The van der Waals surface area contributed by atoms with E-state index in [0.717, 1.165) is 4.26 Å². The Morgan fingerprint density at radius 2 is 1.68 bits per heavy atom. The Balaban J connectivity index is 2.11. The van der Waals surface area contributed by atoms with Crippen LogP contribution in [0.5, 0.6) is 0 Å². The van der Waals surface area contributed by atoms with E-state index in [2.05, 4.69) is 0 Å². The van der Waals surface area contributed by atoms with E-state index in [-0.39, 0.29) is 12.2 Å². The summed E-state index contributed by atoms with van der Waals surface area (Å²) < 4.78 is 29.8. The number of nitrogens with zero attached hydrogens (tertiary/aromatic N) is 1. The predicted molar refractivity (Wildman–Crippen MR) is 108 cm³/mol. The molecule has 0 radical (unpaired) electrons. The first-order chi connectivity index (χ1) is 14.7. The van der Waals surface area contributed by atoms with Gasteiger partial charge in [0.1, 0.15) is 0 Å². The Morgan fingerprint density at radius 1 is 1.03 bits per heavy atom. The molecule has 0 amide bonds. The van der Waals surface area contributed by atoms with Crippen LogP contribution in [0.1, 0.15) is 26.8 Å². The van der Waals surface area contributed by atoms with E-state index in [4.69, 9.17) is 23.7 Å². The molecule has 1 fully saturated rings. The molecule has 31 heavy (non-hydrogen) atoms. The van der Waals surface area contributed by atoms with Gasteiger partial charge in [-0.2, -0.15) is 0 Å². The first kappa shape index (κ1) is 23.2. The molecule has 1 aliphatic rings. The minimum absolute atomic E-state index is 0.253. The van der Waals surface area contributed by atoms with Crippen LogP contribution >= 0.6 is 0 Å². The number of fused-ring (bicyclic) bond motifs is 1. The monoisotopic (exact) mass is 501 g/mol. The first-order valence-corrected chi connectivity index (χ1v) is 11.1. The van der Waals surface area contributed by atoms with Gasteiger partial charge in [0.05, 0.1) is 0 Å². The van der Waals surface area contributed by atoms with Crippen LogP contribution in [0.2, 0.25) is 0 Å². The number of hydrogen-bond donors (Lipinski definition) is 0. The Morgan fingerprint density at radius 3 is 2.26 bits per heavy atom. The second-order valence-corrected chi connectivity index (χ2v) is 9.07. The van der Waals surface area contributed by atoms with E-state index in [1.165, 1.54) is 31.4 Å². The quantitative estimate of drug-likeness (QED) is 0.315. The van der Waals surface area contributed by atoms with Crippen LogP contribution < -0.4 is 5.56 Å². The van der Waals surface area contributed by atoms with E-state index >= 15 is 0 Å². The SMILES string of the molecule is CO[C@@H]1O[C@H](COC(C)=O)[C@@H](OC(C)=O)[C@H](OC(C)=O)[C@H]1n1[se]c2ccccc2c1=O. The molecule has 10 nitrogen and oxygen atoms in total. The molecule has 5 atom stereocenters. The number of methoxy groups -OCH3 is 1. The summed E-state index contributed by atoms with van der Waals surface area (Å²) in [6.07, 6.45) is -4.20. The number of rotatable bonds is 6. The fraction of sp³-hybridized carbons (Fsp3) is 0.500. The molecular formula is C20H23NO9Se. The second-order valence-electron chi connectivity index (χ2n) is 6.94. The van der Waals surface area contributed by atoms with Crippen molar-refractivity contribution in [1.29, 1.82) is 0 Å². The van der Waals surface area contributed by atoms with Gasteiger partial charge in [0.25, 0.3) is 0 Å². The Kier molecular flexibility index (Phi) is 7.32. The molecule has 11 heteroatoms. The molecule has 0 bridgehead atoms. The average molecular weight is 500 g/mol. The van der Waals surface area contributed by atoms with Crippen molar-refractivity contribution in [2.75, 3.05) is 13.7 Å². The van der Waals surface area contributed by atoms with E-state index in [9.17, 15) is 19.2 Å². The fourth-order valence-electron chi connectivity index (χ4n) is 3.51. The molecule has 1 saturated heterocycles. The second kappa shape index (κ2) is 9.78. The molecular weight excluding hydrogens is 477 g/mol. The molecule has 2 heterocycles. The van der Waals surface area contributed by atoms with E-state index in [1.54, 1.807) is 12.1 Å². The van der Waals surface area contributed by atoms with Crippen LogP contribution in [0.15, 0.2) is 29.1 Å². The summed E-state index contributed by atoms with van der Waals surface area (Å²) in [5.41, 5.74) is -0.261. The van der Waals surface area contributed by atoms with Gasteiger partial charge in [-0.25, -0.2) is 0 Å². The normalized spacial score (nSPS) is 25.7. The van der Waals surface area contributed by atoms with Crippen molar-refractivity contribution in [3.63, 3.8) is 0 Å². The summed E-state index contributed by atoms with van der Waals surface area (Å²) in [6.45, 7) is 3.39. The molecule has 1 aromatic carbocycles. The summed E-state index contributed by atoms with van der Waals surface area (Å²) in [5, 5.41) is 0.546. The maximum atomic E-state index is 13.1. The van der Waals surface area contributed by atoms with Crippen LogP contribution in [0.4, 0.5) is 0 Å². The number of carbonyl (C=O) groups excluding carboxylic acids is 3. The molecule has 0 N–H and O–H groups in total. The summed E-state index contributed by atoms with van der Waals surface area (Å²) in [5.74, 6) is -1.83. The molecule has 1 aromatic heterocycles. The van der Waals surface area contributed by atoms with Crippen molar-refractivity contribution in [2.45, 2.75) is 51.4 Å². The number of hydrogen-bond acceptors (Lipinski definition) is 9. The predicted octanol–water partition coefficient (Wildman–Crippen LogP) is 0.397. The maximum absolute atomic E-state index is 13.1.